The average molecular weight is 266 g/mol. The molecule has 1 heterocycles. The lowest BCUT2D eigenvalue weighted by Gasteiger charge is -2.26. The smallest absolute Gasteiger partial charge is 0.251 e. The van der Waals surface area contributed by atoms with E-state index in [-0.39, 0.29) is 11.3 Å². The van der Waals surface area contributed by atoms with Gasteiger partial charge in [-0.1, -0.05) is 22.9 Å². The maximum Gasteiger partial charge on any atom is 0.251 e. The Bertz CT molecular complexity index is 457. The summed E-state index contributed by atoms with van der Waals surface area (Å²) < 4.78 is 1.06. The maximum atomic E-state index is 11.7. The number of fused-ring (bicyclic) bond motifs is 2. The Morgan fingerprint density at radius 2 is 2.27 bits per heavy atom. The topological polar surface area (TPSA) is 29.1 Å². The highest BCUT2D eigenvalue weighted by molar-refractivity contribution is 9.10. The van der Waals surface area contributed by atoms with Crippen molar-refractivity contribution < 1.29 is 4.79 Å². The molecule has 3 heteroatoms. The Hall–Kier alpha value is -0.830. The summed E-state index contributed by atoms with van der Waals surface area (Å²) in [6.07, 6.45) is 1.19. The first-order valence-electron chi connectivity index (χ1n) is 5.22. The first-order valence-corrected chi connectivity index (χ1v) is 6.01. The van der Waals surface area contributed by atoms with Gasteiger partial charge in [-0.25, -0.2) is 0 Å². The van der Waals surface area contributed by atoms with E-state index in [2.05, 4.69) is 34.2 Å². The van der Waals surface area contributed by atoms with Crippen molar-refractivity contribution in [1.29, 1.82) is 0 Å². The van der Waals surface area contributed by atoms with Crippen LogP contribution >= 0.6 is 15.9 Å². The highest BCUT2D eigenvalue weighted by atomic mass is 79.9. The number of carbonyl (C=O) groups excluding carboxylic acids is 1. The van der Waals surface area contributed by atoms with E-state index < -0.39 is 0 Å². The number of hydrogen-bond donors (Lipinski definition) is 1. The van der Waals surface area contributed by atoms with Gasteiger partial charge in [0.15, 0.2) is 0 Å². The van der Waals surface area contributed by atoms with Gasteiger partial charge in [-0.15, -0.1) is 0 Å². The van der Waals surface area contributed by atoms with Gasteiger partial charge < -0.3 is 5.32 Å². The van der Waals surface area contributed by atoms with Gasteiger partial charge in [0, 0.05) is 22.0 Å². The molecule has 2 nitrogen and oxygen atoms in total. The van der Waals surface area contributed by atoms with Crippen molar-refractivity contribution in [3.05, 3.63) is 33.8 Å². The van der Waals surface area contributed by atoms with Gasteiger partial charge in [-0.05, 0) is 36.1 Å². The number of carbonyl (C=O) groups is 1. The van der Waals surface area contributed by atoms with E-state index in [9.17, 15) is 4.79 Å². The first kappa shape index (κ1) is 9.40. The van der Waals surface area contributed by atoms with Crippen LogP contribution in [0.2, 0.25) is 0 Å². The van der Waals surface area contributed by atoms with Crippen molar-refractivity contribution in [2.45, 2.75) is 18.8 Å². The van der Waals surface area contributed by atoms with Crippen LogP contribution in [0, 0.1) is 5.92 Å². The molecule has 2 unspecified atom stereocenters. The molecule has 2 atom stereocenters. The lowest BCUT2D eigenvalue weighted by atomic mass is 9.86. The molecule has 1 spiro atoms. The van der Waals surface area contributed by atoms with Crippen LogP contribution < -0.4 is 5.32 Å². The Balaban J connectivity index is 2.20. The lowest BCUT2D eigenvalue weighted by Crippen LogP contribution is -2.40. The molecule has 1 N–H and O–H groups in total. The summed E-state index contributed by atoms with van der Waals surface area (Å²) in [4.78, 5) is 11.7. The van der Waals surface area contributed by atoms with Crippen molar-refractivity contribution in [1.82, 2.24) is 5.32 Å². The van der Waals surface area contributed by atoms with Crippen LogP contribution in [0.1, 0.15) is 29.3 Å². The van der Waals surface area contributed by atoms with E-state index in [1.165, 1.54) is 12.0 Å². The minimum absolute atomic E-state index is 0.0715. The number of rotatable bonds is 0. The van der Waals surface area contributed by atoms with Crippen LogP contribution in [0.4, 0.5) is 0 Å². The molecule has 15 heavy (non-hydrogen) atoms. The second-order valence-electron chi connectivity index (χ2n) is 4.63. The predicted octanol–water partition coefficient (Wildman–Crippen LogP) is 2.47. The molecule has 1 saturated carbocycles. The Kier molecular flexibility index (Phi) is 1.78. The molecule has 2 aliphatic rings. The van der Waals surface area contributed by atoms with Crippen molar-refractivity contribution in [3.63, 3.8) is 0 Å². The summed E-state index contributed by atoms with van der Waals surface area (Å²) in [7, 11) is 0. The number of nitrogens with one attached hydrogen (secondary N) is 1. The maximum absolute atomic E-state index is 11.7. The molecule has 1 aliphatic heterocycles. The van der Waals surface area contributed by atoms with Crippen LogP contribution in [0.25, 0.3) is 0 Å². The van der Waals surface area contributed by atoms with Crippen molar-refractivity contribution in [3.8, 4) is 0 Å². The van der Waals surface area contributed by atoms with E-state index in [4.69, 9.17) is 0 Å². The van der Waals surface area contributed by atoms with Crippen molar-refractivity contribution >= 4 is 21.8 Å². The Labute approximate surface area is 97.2 Å². The largest absolute Gasteiger partial charge is 0.351 e. The van der Waals surface area contributed by atoms with Gasteiger partial charge >= 0.3 is 0 Å². The van der Waals surface area contributed by atoms with Gasteiger partial charge in [-0.2, -0.15) is 0 Å². The summed E-state index contributed by atoms with van der Waals surface area (Å²) in [5, 5.41) is 2.99. The molecule has 1 aliphatic carbocycles. The quantitative estimate of drug-likeness (QED) is 0.768. The zero-order chi connectivity index (χ0) is 10.6. The van der Waals surface area contributed by atoms with Gasteiger partial charge in [0.1, 0.15) is 0 Å². The fourth-order valence-electron chi connectivity index (χ4n) is 2.66. The zero-order valence-corrected chi connectivity index (χ0v) is 10.1. The minimum atomic E-state index is 0.0715. The molecule has 3 rings (SSSR count). The van der Waals surface area contributed by atoms with Crippen molar-refractivity contribution in [2.24, 2.45) is 5.92 Å². The monoisotopic (exact) mass is 265 g/mol. The molecule has 0 aromatic heterocycles. The highest BCUT2D eigenvalue weighted by Gasteiger charge is 2.55. The molecular formula is C12H12BrNO. The van der Waals surface area contributed by atoms with Crippen LogP contribution in [0.15, 0.2) is 22.7 Å². The van der Waals surface area contributed by atoms with E-state index >= 15 is 0 Å². The fraction of sp³-hybridized carbons (Fsp3) is 0.417. The second-order valence-corrected chi connectivity index (χ2v) is 5.55. The SMILES string of the molecule is CC1CC12CNC(=O)c1ccc(Br)cc12. The fourth-order valence-corrected chi connectivity index (χ4v) is 3.03. The highest BCUT2D eigenvalue weighted by Crippen LogP contribution is 2.56. The molecule has 0 bridgehead atoms. The number of hydrogen-bond acceptors (Lipinski definition) is 1. The molecule has 1 aromatic rings. The van der Waals surface area contributed by atoms with Crippen LogP contribution in [-0.4, -0.2) is 12.5 Å². The molecule has 1 fully saturated rings. The second kappa shape index (κ2) is 2.85. The molecule has 1 amide bonds. The molecular weight excluding hydrogens is 254 g/mol. The Morgan fingerprint density at radius 3 is 2.93 bits per heavy atom. The van der Waals surface area contributed by atoms with Gasteiger partial charge in [0.25, 0.3) is 5.91 Å². The van der Waals surface area contributed by atoms with Gasteiger partial charge in [0.2, 0.25) is 0 Å². The molecule has 0 saturated heterocycles. The summed E-state index contributed by atoms with van der Waals surface area (Å²) in [5.41, 5.74) is 2.31. The Morgan fingerprint density at radius 1 is 1.53 bits per heavy atom. The summed E-state index contributed by atoms with van der Waals surface area (Å²) >= 11 is 3.48. The number of halogens is 1. The van der Waals surface area contributed by atoms with E-state index in [0.717, 1.165) is 16.6 Å². The third kappa shape index (κ3) is 1.19. The summed E-state index contributed by atoms with van der Waals surface area (Å²) in [6.45, 7) is 3.05. The summed E-state index contributed by atoms with van der Waals surface area (Å²) in [5.74, 6) is 0.758. The normalized spacial score (nSPS) is 32.4. The van der Waals surface area contributed by atoms with Crippen LogP contribution in [0.3, 0.4) is 0 Å². The van der Waals surface area contributed by atoms with E-state index in [1.54, 1.807) is 0 Å². The first-order chi connectivity index (χ1) is 7.13. The third-order valence-electron chi connectivity index (χ3n) is 3.78. The van der Waals surface area contributed by atoms with E-state index in [1.807, 2.05) is 12.1 Å². The molecule has 78 valence electrons. The molecule has 1 aromatic carbocycles. The van der Waals surface area contributed by atoms with Gasteiger partial charge in [0.05, 0.1) is 0 Å². The number of amides is 1. The average Bonchev–Trinajstić information content (AvgIpc) is 2.85. The van der Waals surface area contributed by atoms with Crippen LogP contribution in [0.5, 0.6) is 0 Å². The van der Waals surface area contributed by atoms with Crippen molar-refractivity contribution in [2.75, 3.05) is 6.54 Å². The summed E-state index contributed by atoms with van der Waals surface area (Å²) in [6, 6.07) is 5.96. The number of benzene rings is 1. The van der Waals surface area contributed by atoms with Crippen LogP contribution in [-0.2, 0) is 5.41 Å². The van der Waals surface area contributed by atoms with Gasteiger partial charge in [-0.3, -0.25) is 4.79 Å². The third-order valence-corrected chi connectivity index (χ3v) is 4.27. The predicted molar refractivity (Wildman–Crippen MR) is 61.9 cm³/mol. The minimum Gasteiger partial charge on any atom is -0.351 e. The zero-order valence-electron chi connectivity index (χ0n) is 8.51. The molecule has 0 radical (unpaired) electrons. The standard InChI is InChI=1S/C12H12BrNO/c1-7-5-12(7)6-14-11(15)9-3-2-8(13)4-10(9)12/h2-4,7H,5-6H2,1H3,(H,14,15). The lowest BCUT2D eigenvalue weighted by molar-refractivity contribution is 0.0936. The van der Waals surface area contributed by atoms with E-state index in [0.29, 0.717) is 5.92 Å².